The fraction of sp³-hybridized carbons (Fsp3) is 0.231. The van der Waals surface area contributed by atoms with Crippen LogP contribution in [0.2, 0.25) is 0 Å². The van der Waals surface area contributed by atoms with E-state index in [1.165, 1.54) is 0 Å². The molecule has 2 heterocycles. The third-order valence-electron chi connectivity index (χ3n) is 6.36. The predicted octanol–water partition coefficient (Wildman–Crippen LogP) is 4.50. The number of hydrogen-bond donors (Lipinski definition) is 2. The summed E-state index contributed by atoms with van der Waals surface area (Å²) in [5.41, 5.74) is 1.24. The lowest BCUT2D eigenvalue weighted by molar-refractivity contribution is -0.130. The quantitative estimate of drug-likeness (QED) is 0.527. The van der Waals surface area contributed by atoms with Gasteiger partial charge in [-0.25, -0.2) is 0 Å². The number of carbonyl (C=O) groups is 1. The van der Waals surface area contributed by atoms with E-state index in [1.54, 1.807) is 26.4 Å². The average Bonchev–Trinajstić information content (AvgIpc) is 2.84. The van der Waals surface area contributed by atoms with Crippen LogP contribution in [0, 0.1) is 5.92 Å². The lowest BCUT2D eigenvalue weighted by Crippen LogP contribution is -2.72. The van der Waals surface area contributed by atoms with Gasteiger partial charge in [-0.1, -0.05) is 18.2 Å². The molecule has 0 spiro atoms. The van der Waals surface area contributed by atoms with Crippen LogP contribution in [0.4, 0.5) is 11.4 Å². The van der Waals surface area contributed by atoms with Crippen LogP contribution in [0.5, 0.6) is 17.2 Å². The van der Waals surface area contributed by atoms with E-state index in [1.807, 2.05) is 72.5 Å². The van der Waals surface area contributed by atoms with Gasteiger partial charge in [-0.05, 0) is 73.7 Å². The number of fused-ring (bicyclic) bond motifs is 4. The second-order valence-electron chi connectivity index (χ2n) is 8.35. The summed E-state index contributed by atoms with van der Waals surface area (Å²) in [4.78, 5) is 15.7. The zero-order valence-electron chi connectivity index (χ0n) is 19.1. The highest BCUT2D eigenvalue weighted by Gasteiger charge is 2.59. The van der Waals surface area contributed by atoms with Crippen molar-refractivity contribution in [2.45, 2.75) is 18.7 Å². The fourth-order valence-corrected chi connectivity index (χ4v) is 5.16. The van der Waals surface area contributed by atoms with E-state index >= 15 is 0 Å². The number of hydrogen-bond acceptors (Lipinski definition) is 5. The predicted molar refractivity (Wildman–Crippen MR) is 135 cm³/mol. The van der Waals surface area contributed by atoms with E-state index in [4.69, 9.17) is 26.4 Å². The summed E-state index contributed by atoms with van der Waals surface area (Å²) in [6, 6.07) is 22.1. The van der Waals surface area contributed by atoms with Gasteiger partial charge in [0.25, 0.3) is 0 Å². The zero-order chi connectivity index (χ0) is 23.9. The number of carbonyl (C=O) groups excluding carboxylic acids is 1. The maximum Gasteiger partial charge on any atom is 0.236 e. The minimum Gasteiger partial charge on any atom is -0.497 e. The number of nitrogens with zero attached hydrogens (tertiary/aromatic N) is 1. The number of methoxy groups -OCH3 is 2. The van der Waals surface area contributed by atoms with Crippen LogP contribution in [0.15, 0.2) is 72.8 Å². The Morgan fingerprint density at radius 3 is 2.38 bits per heavy atom. The van der Waals surface area contributed by atoms with Gasteiger partial charge >= 0.3 is 0 Å². The van der Waals surface area contributed by atoms with E-state index in [0.717, 1.165) is 11.3 Å². The van der Waals surface area contributed by atoms with Crippen LogP contribution >= 0.6 is 12.2 Å². The van der Waals surface area contributed by atoms with E-state index in [2.05, 4.69) is 10.6 Å². The second kappa shape index (κ2) is 8.53. The van der Waals surface area contributed by atoms with Gasteiger partial charge in [-0.2, -0.15) is 0 Å². The number of nitrogens with one attached hydrogen (secondary N) is 2. The van der Waals surface area contributed by atoms with Crippen molar-refractivity contribution in [2.75, 3.05) is 24.4 Å². The molecule has 1 amide bonds. The van der Waals surface area contributed by atoms with Crippen molar-refractivity contribution < 1.29 is 19.0 Å². The first-order chi connectivity index (χ1) is 16.4. The Hall–Kier alpha value is -3.78. The third-order valence-corrected chi connectivity index (χ3v) is 6.66. The minimum atomic E-state index is -1.08. The topological polar surface area (TPSA) is 72.1 Å². The van der Waals surface area contributed by atoms with Crippen molar-refractivity contribution in [1.29, 1.82) is 0 Å². The van der Waals surface area contributed by atoms with Gasteiger partial charge in [0.2, 0.25) is 5.91 Å². The average molecular weight is 476 g/mol. The van der Waals surface area contributed by atoms with Gasteiger partial charge in [-0.3, -0.25) is 9.69 Å². The summed E-state index contributed by atoms with van der Waals surface area (Å²) in [6.07, 6.45) is 0. The smallest absolute Gasteiger partial charge is 0.236 e. The van der Waals surface area contributed by atoms with Gasteiger partial charge in [0.1, 0.15) is 23.2 Å². The van der Waals surface area contributed by atoms with Crippen molar-refractivity contribution in [1.82, 2.24) is 5.32 Å². The summed E-state index contributed by atoms with van der Waals surface area (Å²) < 4.78 is 17.3. The molecule has 5 rings (SSSR count). The number of benzene rings is 3. The molecule has 3 aromatic carbocycles. The zero-order valence-corrected chi connectivity index (χ0v) is 19.9. The third kappa shape index (κ3) is 3.60. The molecule has 0 aliphatic carbocycles. The van der Waals surface area contributed by atoms with Crippen molar-refractivity contribution in [3.63, 3.8) is 0 Å². The van der Waals surface area contributed by atoms with Crippen LogP contribution in [0.3, 0.4) is 0 Å². The van der Waals surface area contributed by atoms with E-state index in [0.29, 0.717) is 28.0 Å². The SMILES string of the molecule is COc1ccc(NC(=O)[C@H]2[C@@H]3NC(=S)N(c4ccccc4)[C@]2(C)Oc2ccc(OC)cc23)cc1. The highest BCUT2D eigenvalue weighted by Crippen LogP contribution is 2.50. The van der Waals surface area contributed by atoms with Crippen molar-refractivity contribution in [3.05, 3.63) is 78.4 Å². The van der Waals surface area contributed by atoms with Gasteiger partial charge in [0.15, 0.2) is 10.8 Å². The van der Waals surface area contributed by atoms with Gasteiger partial charge in [0, 0.05) is 16.9 Å². The fourth-order valence-electron chi connectivity index (χ4n) is 4.75. The Morgan fingerprint density at radius 2 is 1.71 bits per heavy atom. The number of thiocarbonyl (C=S) groups is 1. The van der Waals surface area contributed by atoms with Crippen LogP contribution in [0.1, 0.15) is 18.5 Å². The molecule has 7 nitrogen and oxygen atoms in total. The normalized spacial score (nSPS) is 22.7. The van der Waals surface area contributed by atoms with Crippen LogP contribution in [-0.4, -0.2) is 31.0 Å². The molecule has 8 heteroatoms. The molecule has 0 aromatic heterocycles. The Morgan fingerprint density at radius 1 is 1.03 bits per heavy atom. The molecule has 34 heavy (non-hydrogen) atoms. The number of anilines is 2. The van der Waals surface area contributed by atoms with Gasteiger partial charge < -0.3 is 24.8 Å². The standard InChI is InChI=1S/C26H25N3O4S/c1-26-22(24(30)27-16-9-11-18(31-2)12-10-16)23(20-15-19(32-3)13-14-21(20)33-26)28-25(34)29(26)17-7-5-4-6-8-17/h4-15,22-23H,1-3H3,(H,27,30)(H,28,34)/t22-,23-,26-/m1/s1. The van der Waals surface area contributed by atoms with E-state index < -0.39 is 17.7 Å². The molecule has 174 valence electrons. The van der Waals surface area contributed by atoms with Gasteiger partial charge in [0.05, 0.1) is 20.3 Å². The molecule has 1 fully saturated rings. The molecule has 3 atom stereocenters. The van der Waals surface area contributed by atoms with E-state index in [9.17, 15) is 4.79 Å². The van der Waals surface area contributed by atoms with Crippen LogP contribution < -0.4 is 29.7 Å². The molecule has 1 saturated heterocycles. The molecule has 0 radical (unpaired) electrons. The molecule has 2 bridgehead atoms. The van der Waals surface area contributed by atoms with Gasteiger partial charge in [-0.15, -0.1) is 0 Å². The number of rotatable bonds is 5. The molecule has 0 unspecified atom stereocenters. The number of ether oxygens (including phenoxy) is 3. The maximum atomic E-state index is 13.8. The monoisotopic (exact) mass is 475 g/mol. The Bertz CT molecular complexity index is 1230. The first kappa shape index (κ1) is 22.0. The Balaban J connectivity index is 1.59. The highest BCUT2D eigenvalue weighted by atomic mass is 32.1. The summed E-state index contributed by atoms with van der Waals surface area (Å²) in [5.74, 6) is 1.24. The summed E-state index contributed by atoms with van der Waals surface area (Å²) in [7, 11) is 3.22. The Kier molecular flexibility index (Phi) is 5.53. The molecule has 2 N–H and O–H groups in total. The van der Waals surface area contributed by atoms with Crippen LogP contribution in [-0.2, 0) is 4.79 Å². The number of para-hydroxylation sites is 1. The molecular weight excluding hydrogens is 450 g/mol. The molecule has 2 aliphatic heterocycles. The largest absolute Gasteiger partial charge is 0.497 e. The lowest BCUT2D eigenvalue weighted by Gasteiger charge is -2.56. The molecule has 2 aliphatic rings. The Labute approximate surface area is 203 Å². The van der Waals surface area contributed by atoms with E-state index in [-0.39, 0.29) is 5.91 Å². The molecule has 3 aromatic rings. The minimum absolute atomic E-state index is 0.193. The lowest BCUT2D eigenvalue weighted by atomic mass is 9.78. The van der Waals surface area contributed by atoms with Crippen LogP contribution in [0.25, 0.3) is 0 Å². The number of amides is 1. The first-order valence-electron chi connectivity index (χ1n) is 10.9. The first-order valence-corrected chi connectivity index (χ1v) is 11.3. The summed E-state index contributed by atoms with van der Waals surface area (Å²) in [6.45, 7) is 1.91. The maximum absolute atomic E-state index is 13.8. The summed E-state index contributed by atoms with van der Waals surface area (Å²) in [5, 5.41) is 6.94. The second-order valence-corrected chi connectivity index (χ2v) is 8.74. The highest BCUT2D eigenvalue weighted by molar-refractivity contribution is 7.80. The van der Waals surface area contributed by atoms with Crippen molar-refractivity contribution >= 4 is 34.6 Å². The molecular formula is C26H25N3O4S. The van der Waals surface area contributed by atoms with Crippen molar-refractivity contribution in [2.24, 2.45) is 5.92 Å². The van der Waals surface area contributed by atoms with Crippen molar-refractivity contribution in [3.8, 4) is 17.2 Å². The summed E-state index contributed by atoms with van der Waals surface area (Å²) >= 11 is 5.78. The molecule has 0 saturated carbocycles.